The summed E-state index contributed by atoms with van der Waals surface area (Å²) in [4.78, 5) is 32.3. The van der Waals surface area contributed by atoms with Crippen molar-refractivity contribution in [2.75, 3.05) is 6.61 Å². The number of carbonyl (C=O) groups excluding carboxylic acids is 2. The summed E-state index contributed by atoms with van der Waals surface area (Å²) in [7, 11) is 0. The molecule has 0 spiro atoms. The molecule has 0 unspecified atom stereocenters. The van der Waals surface area contributed by atoms with Gasteiger partial charge in [0, 0.05) is 17.0 Å². The van der Waals surface area contributed by atoms with E-state index >= 15 is 0 Å². The number of fused-ring (bicyclic) bond motifs is 1. The van der Waals surface area contributed by atoms with Gasteiger partial charge in [-0.2, -0.15) is 0 Å². The molecule has 0 aliphatic carbocycles. The van der Waals surface area contributed by atoms with Crippen LogP contribution >= 0.6 is 0 Å². The summed E-state index contributed by atoms with van der Waals surface area (Å²) in [5.74, 6) is 0.296. The van der Waals surface area contributed by atoms with Gasteiger partial charge in [-0.25, -0.2) is 4.79 Å². The van der Waals surface area contributed by atoms with Crippen LogP contribution in [0.15, 0.2) is 41.5 Å². The molecule has 0 aliphatic rings. The largest absolute Gasteiger partial charge is 0.481 e. The second kappa shape index (κ2) is 7.88. The smallest absolute Gasteiger partial charge is 0.442 e. The quantitative estimate of drug-likeness (QED) is 0.615. The summed E-state index contributed by atoms with van der Waals surface area (Å²) in [6.07, 6.45) is 0.722. The highest BCUT2D eigenvalue weighted by atomic mass is 16.6. The zero-order valence-corrected chi connectivity index (χ0v) is 14.9. The molecular weight excluding hydrogens is 320 g/mol. The van der Waals surface area contributed by atoms with E-state index in [1.165, 1.54) is 0 Å². The lowest BCUT2D eigenvalue weighted by atomic mass is 9.89. The molecule has 132 valence electrons. The first-order valence-electron chi connectivity index (χ1n) is 8.10. The molecule has 0 saturated carbocycles. The molecule has 1 aromatic heterocycles. The Kier molecular flexibility index (Phi) is 5.85. The summed E-state index contributed by atoms with van der Waals surface area (Å²) in [6, 6.07) is 8.96. The lowest BCUT2D eigenvalue weighted by molar-refractivity contribution is -0.125. The predicted octanol–water partition coefficient (Wildman–Crippen LogP) is 4.17. The number of pyridine rings is 1. The van der Waals surface area contributed by atoms with Gasteiger partial charge in [-0.15, -0.1) is 4.99 Å². The first kappa shape index (κ1) is 18.6. The highest BCUT2D eigenvalue weighted by molar-refractivity contribution is 6.03. The Bertz CT molecular complexity index is 801. The van der Waals surface area contributed by atoms with Crippen molar-refractivity contribution in [2.45, 2.75) is 34.1 Å². The third-order valence-electron chi connectivity index (χ3n) is 3.47. The van der Waals surface area contributed by atoms with Crippen LogP contribution in [0.5, 0.6) is 5.75 Å². The minimum Gasteiger partial charge on any atom is -0.481 e. The number of amides is 1. The van der Waals surface area contributed by atoms with Crippen LogP contribution in [0, 0.1) is 5.41 Å². The first-order valence-corrected chi connectivity index (χ1v) is 8.10. The van der Waals surface area contributed by atoms with Gasteiger partial charge in [-0.05, 0) is 19.1 Å². The second-order valence-electron chi connectivity index (χ2n) is 6.49. The average Bonchev–Trinajstić information content (AvgIpc) is 2.54. The van der Waals surface area contributed by atoms with E-state index < -0.39 is 11.5 Å². The lowest BCUT2D eigenvalue weighted by Gasteiger charge is -2.17. The number of nitrogens with zero attached hydrogens (tertiary/aromatic N) is 2. The number of aliphatic imine (C=N–C) groups is 1. The number of para-hydroxylation sites is 1. The van der Waals surface area contributed by atoms with Crippen molar-refractivity contribution in [3.05, 3.63) is 36.5 Å². The van der Waals surface area contributed by atoms with Crippen LogP contribution in [0.4, 0.5) is 4.79 Å². The Morgan fingerprint density at radius 2 is 1.88 bits per heavy atom. The molecule has 0 N–H and O–H groups in total. The van der Waals surface area contributed by atoms with Crippen molar-refractivity contribution in [1.29, 1.82) is 0 Å². The van der Waals surface area contributed by atoms with E-state index in [1.807, 2.05) is 12.1 Å². The van der Waals surface area contributed by atoms with Crippen LogP contribution in [0.1, 0.15) is 34.1 Å². The zero-order chi connectivity index (χ0) is 18.4. The van der Waals surface area contributed by atoms with E-state index in [4.69, 9.17) is 9.47 Å². The second-order valence-corrected chi connectivity index (χ2v) is 6.49. The van der Waals surface area contributed by atoms with Gasteiger partial charge >= 0.3 is 6.09 Å². The summed E-state index contributed by atoms with van der Waals surface area (Å²) in [5.41, 5.74) is 0.0266. The summed E-state index contributed by atoms with van der Waals surface area (Å²) in [6.45, 7) is 7.48. The van der Waals surface area contributed by atoms with Crippen LogP contribution in [0.2, 0.25) is 0 Å². The van der Waals surface area contributed by atoms with E-state index in [0.717, 1.165) is 5.39 Å². The Balaban J connectivity index is 2.19. The Morgan fingerprint density at radius 3 is 2.56 bits per heavy atom. The number of rotatable bonds is 4. The van der Waals surface area contributed by atoms with Crippen LogP contribution in [0.3, 0.4) is 0 Å². The Morgan fingerprint density at radius 1 is 1.16 bits per heavy atom. The maximum absolute atomic E-state index is 12.1. The number of Topliss-reactive ketones (excluding diaryl/α,β-unsaturated/α-hetero) is 1. The maximum atomic E-state index is 12.1. The predicted molar refractivity (Wildman–Crippen MR) is 95.9 cm³/mol. The molecular formula is C19H22N2O4. The van der Waals surface area contributed by atoms with E-state index in [1.54, 1.807) is 52.1 Å². The molecule has 0 bridgehead atoms. The fourth-order valence-electron chi connectivity index (χ4n) is 2.07. The van der Waals surface area contributed by atoms with E-state index in [0.29, 0.717) is 17.9 Å². The number of carbonyl (C=O) groups is 2. The van der Waals surface area contributed by atoms with Crippen molar-refractivity contribution >= 4 is 28.7 Å². The molecule has 1 amide bonds. The molecule has 0 atom stereocenters. The van der Waals surface area contributed by atoms with Gasteiger partial charge in [-0.3, -0.25) is 9.78 Å². The number of ether oxygens (including phenoxy) is 2. The summed E-state index contributed by atoms with van der Waals surface area (Å²) < 4.78 is 10.6. The number of aromatic nitrogens is 1. The first-order chi connectivity index (χ1) is 11.8. The molecule has 25 heavy (non-hydrogen) atoms. The topological polar surface area (TPSA) is 77.8 Å². The fourth-order valence-corrected chi connectivity index (χ4v) is 2.07. The highest BCUT2D eigenvalue weighted by Crippen LogP contribution is 2.23. The number of ketones is 1. The van der Waals surface area contributed by atoms with Crippen LogP contribution in [-0.2, 0) is 9.53 Å². The maximum Gasteiger partial charge on any atom is 0.442 e. The van der Waals surface area contributed by atoms with Gasteiger partial charge in [-0.1, -0.05) is 39.0 Å². The van der Waals surface area contributed by atoms with Gasteiger partial charge in [0.15, 0.2) is 5.75 Å². The van der Waals surface area contributed by atoms with Crippen molar-refractivity contribution in [1.82, 2.24) is 4.98 Å². The third-order valence-corrected chi connectivity index (χ3v) is 3.47. The minimum atomic E-state index is -0.844. The van der Waals surface area contributed by atoms with E-state index in [2.05, 4.69) is 9.98 Å². The molecule has 6 nitrogen and oxygen atoms in total. The Labute approximate surface area is 146 Å². The third kappa shape index (κ3) is 5.11. The number of hydrogen-bond donors (Lipinski definition) is 0. The van der Waals surface area contributed by atoms with Gasteiger partial charge < -0.3 is 9.47 Å². The minimum absolute atomic E-state index is 0.0553. The van der Waals surface area contributed by atoms with Crippen molar-refractivity contribution in [3.63, 3.8) is 0 Å². The molecule has 0 fully saturated rings. The van der Waals surface area contributed by atoms with E-state index in [-0.39, 0.29) is 18.1 Å². The molecule has 2 rings (SSSR count). The zero-order valence-electron chi connectivity index (χ0n) is 14.9. The Hall–Kier alpha value is -2.76. The van der Waals surface area contributed by atoms with Crippen molar-refractivity contribution < 1.29 is 19.1 Å². The van der Waals surface area contributed by atoms with Crippen molar-refractivity contribution in [2.24, 2.45) is 10.4 Å². The standard InChI is InChI=1S/C19H22N2O4/c1-5-24-16(12-15(22)19(2,3)4)21-18(23)25-14-10-6-8-13-9-7-11-20-17(13)14/h6-11H,5,12H2,1-4H3/b21-16+. The van der Waals surface area contributed by atoms with Gasteiger partial charge in [0.2, 0.25) is 5.90 Å². The molecule has 6 heteroatoms. The lowest BCUT2D eigenvalue weighted by Crippen LogP contribution is -2.25. The van der Waals surface area contributed by atoms with Crippen LogP contribution in [-0.4, -0.2) is 29.4 Å². The van der Waals surface area contributed by atoms with Gasteiger partial charge in [0.1, 0.15) is 11.3 Å². The molecule has 0 aliphatic heterocycles. The monoisotopic (exact) mass is 342 g/mol. The fraction of sp³-hybridized carbons (Fsp3) is 0.368. The summed E-state index contributed by atoms with van der Waals surface area (Å²) in [5, 5.41) is 0.852. The van der Waals surface area contributed by atoms with Crippen LogP contribution < -0.4 is 4.74 Å². The van der Waals surface area contributed by atoms with Crippen molar-refractivity contribution in [3.8, 4) is 5.75 Å². The normalized spacial score (nSPS) is 12.1. The number of hydrogen-bond acceptors (Lipinski definition) is 5. The molecule has 1 aromatic carbocycles. The van der Waals surface area contributed by atoms with Gasteiger partial charge in [0.25, 0.3) is 0 Å². The molecule has 0 radical (unpaired) electrons. The average molecular weight is 342 g/mol. The van der Waals surface area contributed by atoms with Gasteiger partial charge in [0.05, 0.1) is 13.0 Å². The van der Waals surface area contributed by atoms with E-state index in [9.17, 15) is 9.59 Å². The molecule has 1 heterocycles. The number of benzene rings is 1. The molecule has 0 saturated heterocycles. The SMILES string of the molecule is CCO/C(CC(=O)C(C)(C)C)=N/C(=O)Oc1cccc2cccnc12. The van der Waals surface area contributed by atoms with Crippen LogP contribution in [0.25, 0.3) is 10.9 Å². The highest BCUT2D eigenvalue weighted by Gasteiger charge is 2.24. The summed E-state index contributed by atoms with van der Waals surface area (Å²) >= 11 is 0. The molecule has 2 aromatic rings.